The molecule has 0 N–H and O–H groups in total. The summed E-state index contributed by atoms with van der Waals surface area (Å²) in [4.78, 5) is 12.5. The van der Waals surface area contributed by atoms with Crippen LogP contribution in [0.25, 0.3) is 0 Å². The molecule has 0 atom stereocenters. The largest absolute Gasteiger partial charge is 0.288 e. The molecule has 0 aromatic heterocycles. The van der Waals surface area contributed by atoms with E-state index in [0.29, 0.717) is 5.56 Å². The number of rotatable bonds is 2. The third-order valence-corrected chi connectivity index (χ3v) is 3.45. The lowest BCUT2D eigenvalue weighted by Gasteiger charge is -2.10. The van der Waals surface area contributed by atoms with Gasteiger partial charge in [-0.2, -0.15) is 0 Å². The van der Waals surface area contributed by atoms with Crippen LogP contribution in [-0.4, -0.2) is 5.78 Å². The Kier molecular flexibility index (Phi) is 3.52. The Morgan fingerprint density at radius 1 is 0.842 bits per heavy atom. The van der Waals surface area contributed by atoms with Gasteiger partial charge in [0.1, 0.15) is 5.82 Å². The molecule has 98 valence electrons. The van der Waals surface area contributed by atoms with Crippen LogP contribution in [-0.2, 0) is 0 Å². The van der Waals surface area contributed by atoms with Crippen molar-refractivity contribution in [2.45, 2.75) is 27.7 Å². The van der Waals surface area contributed by atoms with Crippen molar-refractivity contribution in [2.75, 3.05) is 0 Å². The van der Waals surface area contributed by atoms with Gasteiger partial charge in [0.05, 0.1) is 5.56 Å². The van der Waals surface area contributed by atoms with Crippen molar-refractivity contribution in [2.24, 2.45) is 0 Å². The molecule has 0 aliphatic rings. The highest BCUT2D eigenvalue weighted by Crippen LogP contribution is 2.21. The smallest absolute Gasteiger partial charge is 0.196 e. The van der Waals surface area contributed by atoms with Gasteiger partial charge in [0.25, 0.3) is 0 Å². The van der Waals surface area contributed by atoms with Gasteiger partial charge in [-0.25, -0.2) is 4.39 Å². The Balaban J connectivity index is 2.56. The summed E-state index contributed by atoms with van der Waals surface area (Å²) in [5, 5.41) is 0. The van der Waals surface area contributed by atoms with E-state index in [-0.39, 0.29) is 11.3 Å². The SMILES string of the molecule is Cc1ccc(F)c(C(=O)c2cc(C)c(C)cc2C)c1. The zero-order valence-corrected chi connectivity index (χ0v) is 11.7. The number of hydrogen-bond acceptors (Lipinski definition) is 1. The Morgan fingerprint density at radius 2 is 1.47 bits per heavy atom. The lowest BCUT2D eigenvalue weighted by atomic mass is 9.94. The summed E-state index contributed by atoms with van der Waals surface area (Å²) >= 11 is 0. The van der Waals surface area contributed by atoms with Gasteiger partial charge < -0.3 is 0 Å². The highest BCUT2D eigenvalue weighted by Gasteiger charge is 2.16. The molecule has 0 aliphatic carbocycles. The van der Waals surface area contributed by atoms with Crippen molar-refractivity contribution in [3.63, 3.8) is 0 Å². The summed E-state index contributed by atoms with van der Waals surface area (Å²) in [6.07, 6.45) is 0. The number of benzene rings is 2. The second-order valence-electron chi connectivity index (χ2n) is 5.06. The third kappa shape index (κ3) is 2.58. The zero-order chi connectivity index (χ0) is 14.2. The van der Waals surface area contributed by atoms with Crippen LogP contribution in [0.15, 0.2) is 30.3 Å². The molecule has 0 bridgehead atoms. The Hall–Kier alpha value is -1.96. The average Bonchev–Trinajstić information content (AvgIpc) is 2.36. The van der Waals surface area contributed by atoms with Crippen LogP contribution in [0.5, 0.6) is 0 Å². The van der Waals surface area contributed by atoms with Crippen molar-refractivity contribution in [1.82, 2.24) is 0 Å². The van der Waals surface area contributed by atoms with Gasteiger partial charge in [0, 0.05) is 5.56 Å². The van der Waals surface area contributed by atoms with Gasteiger partial charge in [-0.15, -0.1) is 0 Å². The summed E-state index contributed by atoms with van der Waals surface area (Å²) < 4.78 is 13.8. The molecule has 0 saturated heterocycles. The van der Waals surface area contributed by atoms with Crippen molar-refractivity contribution >= 4 is 5.78 Å². The molecule has 0 aliphatic heterocycles. The second kappa shape index (κ2) is 4.96. The Morgan fingerprint density at radius 3 is 2.16 bits per heavy atom. The quantitative estimate of drug-likeness (QED) is 0.732. The van der Waals surface area contributed by atoms with Crippen LogP contribution in [0, 0.1) is 33.5 Å². The molecule has 0 saturated carbocycles. The monoisotopic (exact) mass is 256 g/mol. The molecule has 2 aromatic rings. The summed E-state index contributed by atoms with van der Waals surface area (Å²) in [5.74, 6) is -0.713. The fourth-order valence-corrected chi connectivity index (χ4v) is 2.16. The minimum Gasteiger partial charge on any atom is -0.288 e. The molecule has 2 aromatic carbocycles. The van der Waals surface area contributed by atoms with Crippen molar-refractivity contribution < 1.29 is 9.18 Å². The molecular weight excluding hydrogens is 239 g/mol. The van der Waals surface area contributed by atoms with E-state index in [4.69, 9.17) is 0 Å². The molecule has 0 unspecified atom stereocenters. The molecule has 1 nitrogen and oxygen atoms in total. The average molecular weight is 256 g/mol. The molecule has 2 heteroatoms. The molecule has 0 radical (unpaired) electrons. The highest BCUT2D eigenvalue weighted by atomic mass is 19.1. The molecular formula is C17H17FO. The van der Waals surface area contributed by atoms with Crippen LogP contribution < -0.4 is 0 Å². The lowest BCUT2D eigenvalue weighted by molar-refractivity contribution is 0.103. The molecule has 2 rings (SSSR count). The number of carbonyl (C=O) groups is 1. The number of aryl methyl sites for hydroxylation is 4. The topological polar surface area (TPSA) is 17.1 Å². The number of halogens is 1. The highest BCUT2D eigenvalue weighted by molar-refractivity contribution is 6.10. The fraction of sp³-hybridized carbons (Fsp3) is 0.235. The van der Waals surface area contributed by atoms with E-state index < -0.39 is 5.82 Å². The van der Waals surface area contributed by atoms with Gasteiger partial charge >= 0.3 is 0 Å². The Bertz CT molecular complexity index is 657. The second-order valence-corrected chi connectivity index (χ2v) is 5.06. The molecule has 0 heterocycles. The van der Waals surface area contributed by atoms with E-state index in [0.717, 1.165) is 22.3 Å². The van der Waals surface area contributed by atoms with E-state index in [1.807, 2.05) is 39.8 Å². The minimum absolute atomic E-state index is 0.145. The number of hydrogen-bond donors (Lipinski definition) is 0. The lowest BCUT2D eigenvalue weighted by Crippen LogP contribution is -2.07. The third-order valence-electron chi connectivity index (χ3n) is 3.45. The van der Waals surface area contributed by atoms with E-state index in [1.165, 1.54) is 6.07 Å². The van der Waals surface area contributed by atoms with Gasteiger partial charge in [-0.3, -0.25) is 4.79 Å². The van der Waals surface area contributed by atoms with Crippen LogP contribution in [0.1, 0.15) is 38.2 Å². The Labute approximate surface area is 113 Å². The molecule has 0 amide bonds. The first-order valence-corrected chi connectivity index (χ1v) is 6.29. The van der Waals surface area contributed by atoms with Crippen LogP contribution >= 0.6 is 0 Å². The summed E-state index contributed by atoms with van der Waals surface area (Å²) in [7, 11) is 0. The van der Waals surface area contributed by atoms with E-state index >= 15 is 0 Å². The fourth-order valence-electron chi connectivity index (χ4n) is 2.16. The number of carbonyl (C=O) groups excluding carboxylic acids is 1. The van der Waals surface area contributed by atoms with Gasteiger partial charge in [-0.1, -0.05) is 17.7 Å². The van der Waals surface area contributed by atoms with E-state index in [9.17, 15) is 9.18 Å². The first-order valence-electron chi connectivity index (χ1n) is 6.29. The predicted octanol–water partition coefficient (Wildman–Crippen LogP) is 4.29. The molecule has 0 spiro atoms. The summed E-state index contributed by atoms with van der Waals surface area (Å²) in [6, 6.07) is 8.43. The maximum atomic E-state index is 13.8. The number of ketones is 1. The first kappa shape index (κ1) is 13.5. The molecule has 0 fully saturated rings. The van der Waals surface area contributed by atoms with Gasteiger partial charge in [0.2, 0.25) is 0 Å². The van der Waals surface area contributed by atoms with Crippen LogP contribution in [0.2, 0.25) is 0 Å². The minimum atomic E-state index is -0.465. The normalized spacial score (nSPS) is 10.6. The maximum Gasteiger partial charge on any atom is 0.196 e. The van der Waals surface area contributed by atoms with E-state index in [2.05, 4.69) is 0 Å². The molecule has 19 heavy (non-hydrogen) atoms. The van der Waals surface area contributed by atoms with Crippen LogP contribution in [0.4, 0.5) is 4.39 Å². The first-order chi connectivity index (χ1) is 8.90. The van der Waals surface area contributed by atoms with Crippen LogP contribution in [0.3, 0.4) is 0 Å². The predicted molar refractivity (Wildman–Crippen MR) is 75.2 cm³/mol. The standard InChI is InChI=1S/C17H17FO/c1-10-5-6-16(18)15(7-10)17(19)14-9-12(3)11(2)8-13(14)4/h5-9H,1-4H3. The van der Waals surface area contributed by atoms with Crippen molar-refractivity contribution in [3.8, 4) is 0 Å². The van der Waals surface area contributed by atoms with Crippen molar-refractivity contribution in [1.29, 1.82) is 0 Å². The maximum absolute atomic E-state index is 13.8. The summed E-state index contributed by atoms with van der Waals surface area (Å²) in [5.41, 5.74) is 4.67. The van der Waals surface area contributed by atoms with Gasteiger partial charge in [-0.05, 0) is 62.6 Å². The zero-order valence-electron chi connectivity index (χ0n) is 11.7. The summed E-state index contributed by atoms with van der Waals surface area (Å²) in [6.45, 7) is 7.69. The van der Waals surface area contributed by atoms with E-state index in [1.54, 1.807) is 12.1 Å². The van der Waals surface area contributed by atoms with Crippen molar-refractivity contribution in [3.05, 3.63) is 69.5 Å². The van der Waals surface area contributed by atoms with Gasteiger partial charge in [0.15, 0.2) is 5.78 Å².